The van der Waals surface area contributed by atoms with Crippen LogP contribution in [-0.4, -0.2) is 12.1 Å². The minimum Gasteiger partial charge on any atom is -0.390 e. The largest absolute Gasteiger partial charge is 0.390 e. The number of rotatable bonds is 4. The molecule has 2 aromatic carbocycles. The van der Waals surface area contributed by atoms with E-state index in [4.69, 9.17) is 17.3 Å². The molecule has 0 aliphatic carbocycles. The quantitative estimate of drug-likeness (QED) is 0.537. The third kappa shape index (κ3) is 3.64. The van der Waals surface area contributed by atoms with E-state index in [-0.39, 0.29) is 5.91 Å². The molecule has 3 N–H and O–H groups in total. The Morgan fingerprint density at radius 2 is 1.83 bits per heavy atom. The van der Waals surface area contributed by atoms with E-state index in [1.54, 1.807) is 12.1 Å². The number of nitrogens with one attached hydrogen (secondary N) is 1. The van der Waals surface area contributed by atoms with Crippen molar-refractivity contribution in [2.24, 2.45) is 5.10 Å². The SMILES string of the molecule is Nc1sc(-c2ccccc2)cc1C(=O)N/N=C\c1ccccc1Cl. The predicted octanol–water partition coefficient (Wildman–Crippen LogP) is 4.41. The van der Waals surface area contributed by atoms with Crippen LogP contribution in [0.15, 0.2) is 65.8 Å². The summed E-state index contributed by atoms with van der Waals surface area (Å²) in [4.78, 5) is 13.2. The molecule has 1 heterocycles. The van der Waals surface area contributed by atoms with Crippen LogP contribution in [0.25, 0.3) is 10.4 Å². The van der Waals surface area contributed by atoms with Crippen LogP contribution in [-0.2, 0) is 0 Å². The van der Waals surface area contributed by atoms with E-state index >= 15 is 0 Å². The van der Waals surface area contributed by atoms with Gasteiger partial charge in [0.2, 0.25) is 0 Å². The summed E-state index contributed by atoms with van der Waals surface area (Å²) in [7, 11) is 0. The summed E-state index contributed by atoms with van der Waals surface area (Å²) in [5.74, 6) is -0.353. The van der Waals surface area contributed by atoms with Gasteiger partial charge >= 0.3 is 0 Å². The molecule has 6 heteroatoms. The number of nitrogens with zero attached hydrogens (tertiary/aromatic N) is 1. The highest BCUT2D eigenvalue weighted by atomic mass is 35.5. The number of carbonyl (C=O) groups is 1. The van der Waals surface area contributed by atoms with Gasteiger partial charge in [0.05, 0.1) is 16.8 Å². The lowest BCUT2D eigenvalue weighted by atomic mass is 10.1. The Kier molecular flexibility index (Phi) is 4.93. The Morgan fingerprint density at radius 1 is 1.12 bits per heavy atom. The first kappa shape index (κ1) is 16.2. The molecule has 0 saturated heterocycles. The molecule has 0 saturated carbocycles. The fourth-order valence-electron chi connectivity index (χ4n) is 2.13. The molecule has 0 aliphatic rings. The molecular weight excluding hydrogens is 342 g/mol. The lowest BCUT2D eigenvalue weighted by Crippen LogP contribution is -2.18. The van der Waals surface area contributed by atoms with E-state index in [1.165, 1.54) is 17.6 Å². The van der Waals surface area contributed by atoms with Crippen molar-refractivity contribution in [2.45, 2.75) is 0 Å². The molecule has 0 radical (unpaired) electrons. The van der Waals surface area contributed by atoms with Crippen LogP contribution >= 0.6 is 22.9 Å². The molecule has 1 amide bonds. The third-order valence-electron chi connectivity index (χ3n) is 3.34. The molecule has 0 atom stereocenters. The summed E-state index contributed by atoms with van der Waals surface area (Å²) in [5, 5.41) is 4.97. The zero-order chi connectivity index (χ0) is 16.9. The van der Waals surface area contributed by atoms with Crippen molar-refractivity contribution in [1.82, 2.24) is 5.43 Å². The summed E-state index contributed by atoms with van der Waals surface area (Å²) < 4.78 is 0. The number of anilines is 1. The van der Waals surface area contributed by atoms with Gasteiger partial charge in [-0.1, -0.05) is 60.1 Å². The van der Waals surface area contributed by atoms with Crippen LogP contribution in [0.4, 0.5) is 5.00 Å². The zero-order valence-corrected chi connectivity index (χ0v) is 14.1. The molecule has 0 spiro atoms. The third-order valence-corrected chi connectivity index (χ3v) is 4.70. The second-order valence-corrected chi connectivity index (χ2v) is 6.47. The van der Waals surface area contributed by atoms with Crippen molar-refractivity contribution >= 4 is 40.1 Å². The van der Waals surface area contributed by atoms with Crippen LogP contribution in [0.2, 0.25) is 5.02 Å². The molecule has 0 fully saturated rings. The average Bonchev–Trinajstić information content (AvgIpc) is 2.99. The summed E-state index contributed by atoms with van der Waals surface area (Å²) in [6.07, 6.45) is 1.50. The maximum atomic E-state index is 12.3. The van der Waals surface area contributed by atoms with E-state index in [1.807, 2.05) is 48.5 Å². The van der Waals surface area contributed by atoms with Crippen molar-refractivity contribution < 1.29 is 4.79 Å². The van der Waals surface area contributed by atoms with Gasteiger partial charge in [0.25, 0.3) is 5.91 Å². The molecular formula is C18H14ClN3OS. The Morgan fingerprint density at radius 3 is 2.58 bits per heavy atom. The van der Waals surface area contributed by atoms with Crippen LogP contribution in [0, 0.1) is 0 Å². The summed E-state index contributed by atoms with van der Waals surface area (Å²) in [6.45, 7) is 0. The Hall–Kier alpha value is -2.63. The summed E-state index contributed by atoms with van der Waals surface area (Å²) in [6, 6.07) is 18.8. The van der Waals surface area contributed by atoms with E-state index in [9.17, 15) is 4.79 Å². The second-order valence-electron chi connectivity index (χ2n) is 4.98. The monoisotopic (exact) mass is 355 g/mol. The Labute approximate surface area is 148 Å². The van der Waals surface area contributed by atoms with Gasteiger partial charge < -0.3 is 5.73 Å². The number of amides is 1. The first-order valence-corrected chi connectivity index (χ1v) is 8.37. The van der Waals surface area contributed by atoms with Crippen molar-refractivity contribution in [2.75, 3.05) is 5.73 Å². The molecule has 120 valence electrons. The maximum Gasteiger partial charge on any atom is 0.274 e. The smallest absolute Gasteiger partial charge is 0.274 e. The van der Waals surface area contributed by atoms with Gasteiger partial charge in [-0.15, -0.1) is 11.3 Å². The number of hydrogen-bond acceptors (Lipinski definition) is 4. The number of hydrogen-bond donors (Lipinski definition) is 2. The molecule has 24 heavy (non-hydrogen) atoms. The number of benzene rings is 2. The topological polar surface area (TPSA) is 67.5 Å². The van der Waals surface area contributed by atoms with Gasteiger partial charge in [-0.2, -0.15) is 5.10 Å². The lowest BCUT2D eigenvalue weighted by molar-refractivity contribution is 0.0956. The van der Waals surface area contributed by atoms with Crippen LogP contribution in [0.1, 0.15) is 15.9 Å². The van der Waals surface area contributed by atoms with Gasteiger partial charge in [0.15, 0.2) is 0 Å². The molecule has 0 unspecified atom stereocenters. The first-order valence-electron chi connectivity index (χ1n) is 7.18. The van der Waals surface area contributed by atoms with E-state index < -0.39 is 0 Å². The van der Waals surface area contributed by atoms with E-state index in [0.29, 0.717) is 15.6 Å². The number of halogens is 1. The van der Waals surface area contributed by atoms with E-state index in [0.717, 1.165) is 16.0 Å². The minimum absolute atomic E-state index is 0.353. The number of nitrogens with two attached hydrogens (primary N) is 1. The highest BCUT2D eigenvalue weighted by Crippen LogP contribution is 2.33. The Bertz CT molecular complexity index is 890. The molecule has 1 aromatic heterocycles. The molecule has 3 rings (SSSR count). The fourth-order valence-corrected chi connectivity index (χ4v) is 3.24. The first-order chi connectivity index (χ1) is 11.6. The van der Waals surface area contributed by atoms with Crippen LogP contribution in [0.3, 0.4) is 0 Å². The zero-order valence-electron chi connectivity index (χ0n) is 12.6. The highest BCUT2D eigenvalue weighted by Gasteiger charge is 2.14. The maximum absolute atomic E-state index is 12.3. The van der Waals surface area contributed by atoms with Crippen molar-refractivity contribution in [3.63, 3.8) is 0 Å². The standard InChI is InChI=1S/C18H14ClN3OS/c19-15-9-5-4-8-13(15)11-21-22-18(23)14-10-16(24-17(14)20)12-6-2-1-3-7-12/h1-11H,20H2,(H,22,23)/b21-11-. The normalized spacial score (nSPS) is 10.9. The summed E-state index contributed by atoms with van der Waals surface area (Å²) in [5.41, 5.74) is 10.6. The van der Waals surface area contributed by atoms with E-state index in [2.05, 4.69) is 10.5 Å². The van der Waals surface area contributed by atoms with Crippen molar-refractivity contribution in [3.8, 4) is 10.4 Å². The van der Waals surface area contributed by atoms with Gasteiger partial charge in [0.1, 0.15) is 0 Å². The molecule has 3 aromatic rings. The predicted molar refractivity (Wildman–Crippen MR) is 101 cm³/mol. The molecule has 0 aliphatic heterocycles. The lowest BCUT2D eigenvalue weighted by Gasteiger charge is -1.99. The fraction of sp³-hybridized carbons (Fsp3) is 0. The highest BCUT2D eigenvalue weighted by molar-refractivity contribution is 7.19. The second kappa shape index (κ2) is 7.29. The van der Waals surface area contributed by atoms with Gasteiger partial charge in [-0.25, -0.2) is 5.43 Å². The average molecular weight is 356 g/mol. The number of thiophene rings is 1. The number of carbonyl (C=O) groups excluding carboxylic acids is 1. The van der Waals surface area contributed by atoms with Crippen molar-refractivity contribution in [1.29, 1.82) is 0 Å². The minimum atomic E-state index is -0.353. The summed E-state index contributed by atoms with van der Waals surface area (Å²) >= 11 is 7.40. The number of nitrogen functional groups attached to an aromatic ring is 1. The van der Waals surface area contributed by atoms with Crippen LogP contribution < -0.4 is 11.2 Å². The Balaban J connectivity index is 1.74. The molecule has 0 bridgehead atoms. The van der Waals surface area contributed by atoms with Gasteiger partial charge in [0, 0.05) is 15.5 Å². The number of hydrazone groups is 1. The van der Waals surface area contributed by atoms with Crippen LogP contribution in [0.5, 0.6) is 0 Å². The van der Waals surface area contributed by atoms with Gasteiger partial charge in [-0.05, 0) is 17.7 Å². The molecule has 4 nitrogen and oxygen atoms in total. The van der Waals surface area contributed by atoms with Gasteiger partial charge in [-0.3, -0.25) is 4.79 Å². The van der Waals surface area contributed by atoms with Crippen molar-refractivity contribution in [3.05, 3.63) is 76.8 Å².